The number of anilines is 4. The summed E-state index contributed by atoms with van der Waals surface area (Å²) in [6.45, 7) is 0. The van der Waals surface area contributed by atoms with Crippen LogP contribution in [0.25, 0.3) is 0 Å². The molecule has 0 saturated carbocycles. The third kappa shape index (κ3) is 4.83. The lowest BCUT2D eigenvalue weighted by atomic mass is 10.2. The minimum atomic E-state index is -4.75. The second-order valence-electron chi connectivity index (χ2n) is 6.19. The Morgan fingerprint density at radius 2 is 1.45 bits per heavy atom. The van der Waals surface area contributed by atoms with Crippen LogP contribution in [0.1, 0.15) is 5.56 Å². The molecule has 10 nitrogen and oxygen atoms in total. The second-order valence-corrected chi connectivity index (χ2v) is 6.19. The van der Waals surface area contributed by atoms with Gasteiger partial charge < -0.3 is 10.2 Å². The van der Waals surface area contributed by atoms with Gasteiger partial charge in [0.15, 0.2) is 5.82 Å². The van der Waals surface area contributed by atoms with Gasteiger partial charge in [0.25, 0.3) is 11.4 Å². The molecule has 1 N–H and O–H groups in total. The van der Waals surface area contributed by atoms with Crippen molar-refractivity contribution < 1.29 is 23.0 Å². The number of benzene rings is 2. The number of halogens is 3. The zero-order chi connectivity index (χ0) is 22.8. The van der Waals surface area contributed by atoms with Crippen molar-refractivity contribution in [3.8, 4) is 0 Å². The third-order valence-corrected chi connectivity index (χ3v) is 4.17. The van der Waals surface area contributed by atoms with Gasteiger partial charge in [0.05, 0.1) is 9.85 Å². The number of alkyl halides is 3. The monoisotopic (exact) mass is 434 g/mol. The Bertz CT molecular complexity index is 1120. The molecular weight excluding hydrogens is 421 g/mol. The minimum absolute atomic E-state index is 0.155. The van der Waals surface area contributed by atoms with E-state index < -0.39 is 27.4 Å². The summed E-state index contributed by atoms with van der Waals surface area (Å²) in [6.07, 6.45) is -4.14. The summed E-state index contributed by atoms with van der Waals surface area (Å²) in [6, 6.07) is 10.1. The van der Waals surface area contributed by atoms with Gasteiger partial charge in [-0.05, 0) is 24.3 Å². The Morgan fingerprint density at radius 3 is 1.94 bits per heavy atom. The van der Waals surface area contributed by atoms with Crippen LogP contribution in [-0.4, -0.2) is 26.9 Å². The number of rotatable bonds is 6. The zero-order valence-corrected chi connectivity index (χ0v) is 15.7. The number of nitrogens with one attached hydrogen (secondary N) is 1. The summed E-state index contributed by atoms with van der Waals surface area (Å²) in [5.74, 6) is -0.661. The lowest BCUT2D eigenvalue weighted by Gasteiger charge is -2.22. The maximum absolute atomic E-state index is 13.5. The van der Waals surface area contributed by atoms with Crippen LogP contribution in [0.5, 0.6) is 0 Å². The second kappa shape index (κ2) is 8.22. The molecule has 0 bridgehead atoms. The van der Waals surface area contributed by atoms with E-state index in [1.165, 1.54) is 43.4 Å². The normalized spacial score (nSPS) is 11.1. The van der Waals surface area contributed by atoms with Gasteiger partial charge in [-0.2, -0.15) is 18.2 Å². The standard InChI is InChI=1S/C18H13F3N6O4/c1-25(12-6-8-14(9-7-12)27(30)31)16-15(18(19,20)21)10-22-17(24-16)23-11-2-4-13(5-3-11)26(28)29/h2-10H,1H3,(H,22,23,24). The maximum Gasteiger partial charge on any atom is 0.421 e. The molecule has 0 aliphatic rings. The van der Waals surface area contributed by atoms with Crippen molar-refractivity contribution in [1.82, 2.24) is 9.97 Å². The predicted molar refractivity (Wildman–Crippen MR) is 105 cm³/mol. The maximum atomic E-state index is 13.5. The van der Waals surface area contributed by atoms with Gasteiger partial charge in [-0.1, -0.05) is 0 Å². The molecule has 0 radical (unpaired) electrons. The van der Waals surface area contributed by atoms with Crippen LogP contribution < -0.4 is 10.2 Å². The van der Waals surface area contributed by atoms with Crippen LogP contribution in [0, 0.1) is 20.2 Å². The summed E-state index contributed by atoms with van der Waals surface area (Å²) in [5.41, 5.74) is -0.915. The molecule has 0 amide bonds. The number of nitrogens with zero attached hydrogens (tertiary/aromatic N) is 5. The van der Waals surface area contributed by atoms with Crippen molar-refractivity contribution in [2.24, 2.45) is 0 Å². The molecule has 0 aliphatic heterocycles. The van der Waals surface area contributed by atoms with Crippen molar-refractivity contribution in [1.29, 1.82) is 0 Å². The molecule has 3 aromatic rings. The van der Waals surface area contributed by atoms with Crippen molar-refractivity contribution >= 4 is 34.5 Å². The molecule has 0 spiro atoms. The van der Waals surface area contributed by atoms with E-state index in [1.54, 1.807) is 0 Å². The van der Waals surface area contributed by atoms with Crippen molar-refractivity contribution in [2.45, 2.75) is 6.18 Å². The number of nitro benzene ring substituents is 2. The van der Waals surface area contributed by atoms with Gasteiger partial charge in [-0.25, -0.2) is 4.98 Å². The van der Waals surface area contributed by atoms with Gasteiger partial charge in [0.2, 0.25) is 5.95 Å². The fourth-order valence-electron chi connectivity index (χ4n) is 2.60. The van der Waals surface area contributed by atoms with Gasteiger partial charge >= 0.3 is 6.18 Å². The highest BCUT2D eigenvalue weighted by Gasteiger charge is 2.36. The summed E-state index contributed by atoms with van der Waals surface area (Å²) >= 11 is 0. The van der Waals surface area contributed by atoms with Gasteiger partial charge in [0.1, 0.15) is 5.56 Å². The molecule has 0 atom stereocenters. The predicted octanol–water partition coefficient (Wildman–Crippen LogP) is 4.82. The van der Waals surface area contributed by atoms with Crippen LogP contribution in [0.2, 0.25) is 0 Å². The van der Waals surface area contributed by atoms with E-state index in [-0.39, 0.29) is 23.0 Å². The lowest BCUT2D eigenvalue weighted by Crippen LogP contribution is -2.19. The summed E-state index contributed by atoms with van der Waals surface area (Å²) in [7, 11) is 1.33. The van der Waals surface area contributed by atoms with E-state index in [0.29, 0.717) is 11.9 Å². The molecule has 31 heavy (non-hydrogen) atoms. The lowest BCUT2D eigenvalue weighted by molar-refractivity contribution is -0.385. The molecule has 2 aromatic carbocycles. The highest BCUT2D eigenvalue weighted by Crippen LogP contribution is 2.38. The van der Waals surface area contributed by atoms with Gasteiger partial charge in [0, 0.05) is 48.9 Å². The first-order valence-electron chi connectivity index (χ1n) is 8.50. The highest BCUT2D eigenvalue weighted by atomic mass is 19.4. The minimum Gasteiger partial charge on any atom is -0.329 e. The first-order valence-corrected chi connectivity index (χ1v) is 8.50. The molecule has 0 fully saturated rings. The first-order chi connectivity index (χ1) is 14.6. The van der Waals surface area contributed by atoms with Crippen molar-refractivity contribution in [3.63, 3.8) is 0 Å². The molecule has 1 aromatic heterocycles. The largest absolute Gasteiger partial charge is 0.421 e. The van der Waals surface area contributed by atoms with Crippen LogP contribution in [-0.2, 0) is 6.18 Å². The summed E-state index contributed by atoms with van der Waals surface area (Å²) in [4.78, 5) is 29.0. The van der Waals surface area contributed by atoms with Gasteiger partial charge in [-0.3, -0.25) is 20.2 Å². The molecule has 1 heterocycles. The summed E-state index contributed by atoms with van der Waals surface area (Å²) < 4.78 is 40.5. The average Bonchev–Trinajstić information content (AvgIpc) is 2.73. The molecular formula is C18H13F3N6O4. The van der Waals surface area contributed by atoms with Crippen LogP contribution in [0.4, 0.5) is 47.7 Å². The fraction of sp³-hybridized carbons (Fsp3) is 0.111. The topological polar surface area (TPSA) is 127 Å². The van der Waals surface area contributed by atoms with E-state index in [2.05, 4.69) is 15.3 Å². The molecule has 0 saturated heterocycles. The van der Waals surface area contributed by atoms with Crippen LogP contribution in [0.15, 0.2) is 54.7 Å². The van der Waals surface area contributed by atoms with Crippen LogP contribution >= 0.6 is 0 Å². The Morgan fingerprint density at radius 1 is 0.935 bits per heavy atom. The van der Waals surface area contributed by atoms with E-state index >= 15 is 0 Å². The third-order valence-electron chi connectivity index (χ3n) is 4.17. The Kier molecular flexibility index (Phi) is 5.68. The van der Waals surface area contributed by atoms with E-state index in [9.17, 15) is 33.4 Å². The Balaban J connectivity index is 1.96. The Hall–Kier alpha value is -4.29. The number of nitro groups is 2. The fourth-order valence-corrected chi connectivity index (χ4v) is 2.60. The molecule has 0 aliphatic carbocycles. The number of aromatic nitrogens is 2. The van der Waals surface area contributed by atoms with E-state index in [0.717, 1.165) is 17.0 Å². The Labute approximate surface area is 172 Å². The number of hydrogen-bond acceptors (Lipinski definition) is 8. The SMILES string of the molecule is CN(c1ccc([N+](=O)[O-])cc1)c1nc(Nc2ccc([N+](=O)[O-])cc2)ncc1C(F)(F)F. The van der Waals surface area contributed by atoms with E-state index in [4.69, 9.17) is 0 Å². The molecule has 3 rings (SSSR count). The molecule has 160 valence electrons. The highest BCUT2D eigenvalue weighted by molar-refractivity contribution is 5.66. The van der Waals surface area contributed by atoms with E-state index in [1.807, 2.05) is 0 Å². The molecule has 13 heteroatoms. The molecule has 0 unspecified atom stereocenters. The number of hydrogen-bond donors (Lipinski definition) is 1. The van der Waals surface area contributed by atoms with Crippen molar-refractivity contribution in [3.05, 3.63) is 80.5 Å². The quantitative estimate of drug-likeness (QED) is 0.432. The van der Waals surface area contributed by atoms with Crippen molar-refractivity contribution in [2.75, 3.05) is 17.3 Å². The zero-order valence-electron chi connectivity index (χ0n) is 15.7. The van der Waals surface area contributed by atoms with Crippen LogP contribution in [0.3, 0.4) is 0 Å². The number of non-ortho nitro benzene ring substituents is 2. The average molecular weight is 434 g/mol. The summed E-state index contributed by atoms with van der Waals surface area (Å²) in [5, 5.41) is 24.2. The smallest absolute Gasteiger partial charge is 0.329 e. The van der Waals surface area contributed by atoms with Gasteiger partial charge in [-0.15, -0.1) is 0 Å². The first kappa shape index (κ1) is 21.4.